The molecular formula is C18H17ClN2O4. The van der Waals surface area contributed by atoms with Crippen LogP contribution in [0.1, 0.15) is 12.5 Å². The van der Waals surface area contributed by atoms with Gasteiger partial charge in [-0.15, -0.1) is 0 Å². The van der Waals surface area contributed by atoms with Gasteiger partial charge < -0.3 is 14.2 Å². The van der Waals surface area contributed by atoms with E-state index in [0.717, 1.165) is 5.56 Å². The van der Waals surface area contributed by atoms with Gasteiger partial charge in [-0.05, 0) is 49.4 Å². The van der Waals surface area contributed by atoms with Gasteiger partial charge in [-0.25, -0.2) is 5.43 Å². The molecule has 2 aromatic carbocycles. The molecule has 1 N–H and O–H groups in total. The van der Waals surface area contributed by atoms with Crippen molar-refractivity contribution in [3.63, 3.8) is 0 Å². The van der Waals surface area contributed by atoms with Crippen LogP contribution in [0, 0.1) is 0 Å². The lowest BCUT2D eigenvalue weighted by Crippen LogP contribution is -2.25. The third kappa shape index (κ3) is 4.64. The molecule has 0 atom stereocenters. The van der Waals surface area contributed by atoms with Crippen molar-refractivity contribution in [2.24, 2.45) is 5.10 Å². The van der Waals surface area contributed by atoms with Crippen LogP contribution in [0.5, 0.6) is 17.2 Å². The van der Waals surface area contributed by atoms with Crippen LogP contribution >= 0.6 is 11.6 Å². The maximum atomic E-state index is 11.8. The third-order valence-electron chi connectivity index (χ3n) is 3.49. The van der Waals surface area contributed by atoms with Gasteiger partial charge in [0.1, 0.15) is 19.0 Å². The molecule has 1 amide bonds. The van der Waals surface area contributed by atoms with Crippen LogP contribution in [0.25, 0.3) is 0 Å². The summed E-state index contributed by atoms with van der Waals surface area (Å²) in [5.74, 6) is 1.60. The summed E-state index contributed by atoms with van der Waals surface area (Å²) in [5, 5.41) is 4.70. The zero-order valence-electron chi connectivity index (χ0n) is 13.6. The van der Waals surface area contributed by atoms with Crippen molar-refractivity contribution in [2.45, 2.75) is 6.92 Å². The number of hydrogen-bond donors (Lipinski definition) is 1. The van der Waals surface area contributed by atoms with Crippen LogP contribution in [-0.2, 0) is 4.79 Å². The highest BCUT2D eigenvalue weighted by Crippen LogP contribution is 2.30. The largest absolute Gasteiger partial charge is 0.486 e. The molecule has 3 rings (SSSR count). The zero-order valence-corrected chi connectivity index (χ0v) is 14.4. The Hall–Kier alpha value is -2.73. The second kappa shape index (κ2) is 7.90. The van der Waals surface area contributed by atoms with Crippen LogP contribution in [-0.4, -0.2) is 31.4 Å². The van der Waals surface area contributed by atoms with Crippen molar-refractivity contribution in [1.82, 2.24) is 5.43 Å². The van der Waals surface area contributed by atoms with Gasteiger partial charge in [0.25, 0.3) is 5.91 Å². The number of hydrazone groups is 1. The number of ether oxygens (including phenoxy) is 3. The number of carbonyl (C=O) groups is 1. The van der Waals surface area contributed by atoms with Crippen LogP contribution in [0.2, 0.25) is 5.02 Å². The smallest absolute Gasteiger partial charge is 0.277 e. The topological polar surface area (TPSA) is 69.2 Å². The molecule has 0 bridgehead atoms. The molecule has 25 heavy (non-hydrogen) atoms. The van der Waals surface area contributed by atoms with E-state index in [9.17, 15) is 4.79 Å². The van der Waals surface area contributed by atoms with E-state index in [0.29, 0.717) is 41.2 Å². The number of halogens is 1. The van der Waals surface area contributed by atoms with E-state index < -0.39 is 0 Å². The van der Waals surface area contributed by atoms with Gasteiger partial charge in [0.05, 0.1) is 5.71 Å². The van der Waals surface area contributed by atoms with E-state index >= 15 is 0 Å². The Bertz CT molecular complexity index is 790. The average molecular weight is 361 g/mol. The van der Waals surface area contributed by atoms with Crippen LogP contribution < -0.4 is 19.6 Å². The SMILES string of the molecule is C/C(=N\NC(=O)COc1ccc(Cl)cc1)c1ccc2c(c1)OCCO2. The molecule has 6 nitrogen and oxygen atoms in total. The summed E-state index contributed by atoms with van der Waals surface area (Å²) < 4.78 is 16.4. The minimum atomic E-state index is -0.355. The summed E-state index contributed by atoms with van der Waals surface area (Å²) in [5.41, 5.74) is 3.95. The third-order valence-corrected chi connectivity index (χ3v) is 3.74. The number of rotatable bonds is 5. The molecule has 2 aromatic rings. The Morgan fingerprint density at radius 2 is 1.88 bits per heavy atom. The zero-order chi connectivity index (χ0) is 17.6. The molecule has 0 spiro atoms. The Morgan fingerprint density at radius 3 is 2.64 bits per heavy atom. The highest BCUT2D eigenvalue weighted by Gasteiger charge is 2.12. The van der Waals surface area contributed by atoms with Gasteiger partial charge in [0, 0.05) is 10.6 Å². The van der Waals surface area contributed by atoms with Gasteiger partial charge in [0.15, 0.2) is 18.1 Å². The fourth-order valence-corrected chi connectivity index (χ4v) is 2.32. The quantitative estimate of drug-likeness (QED) is 0.657. The lowest BCUT2D eigenvalue weighted by molar-refractivity contribution is -0.123. The summed E-state index contributed by atoms with van der Waals surface area (Å²) >= 11 is 5.79. The van der Waals surface area contributed by atoms with Gasteiger partial charge in [0.2, 0.25) is 0 Å². The summed E-state index contributed by atoms with van der Waals surface area (Å²) in [6.45, 7) is 2.72. The number of nitrogens with one attached hydrogen (secondary N) is 1. The van der Waals surface area contributed by atoms with E-state index in [-0.39, 0.29) is 12.5 Å². The monoisotopic (exact) mass is 360 g/mol. The highest BCUT2D eigenvalue weighted by molar-refractivity contribution is 6.30. The summed E-state index contributed by atoms with van der Waals surface area (Å²) in [6.07, 6.45) is 0. The average Bonchev–Trinajstić information content (AvgIpc) is 2.65. The molecule has 7 heteroatoms. The lowest BCUT2D eigenvalue weighted by Gasteiger charge is -2.18. The van der Waals surface area contributed by atoms with E-state index in [1.54, 1.807) is 31.2 Å². The fraction of sp³-hybridized carbons (Fsp3) is 0.222. The van der Waals surface area contributed by atoms with Crippen molar-refractivity contribution in [3.05, 3.63) is 53.1 Å². The number of carbonyl (C=O) groups excluding carboxylic acids is 1. The molecule has 130 valence electrons. The second-order valence-electron chi connectivity index (χ2n) is 5.33. The highest BCUT2D eigenvalue weighted by atomic mass is 35.5. The van der Waals surface area contributed by atoms with Crippen molar-refractivity contribution in [2.75, 3.05) is 19.8 Å². The van der Waals surface area contributed by atoms with Gasteiger partial charge >= 0.3 is 0 Å². The molecule has 1 heterocycles. The Kier molecular flexibility index (Phi) is 5.40. The van der Waals surface area contributed by atoms with Crippen LogP contribution in [0.15, 0.2) is 47.6 Å². The van der Waals surface area contributed by atoms with E-state index in [2.05, 4.69) is 10.5 Å². The van der Waals surface area contributed by atoms with Crippen molar-refractivity contribution in [3.8, 4) is 17.2 Å². The first-order valence-corrected chi connectivity index (χ1v) is 8.11. The molecule has 0 saturated carbocycles. The first-order chi connectivity index (χ1) is 12.1. The van der Waals surface area contributed by atoms with Crippen LogP contribution in [0.4, 0.5) is 0 Å². The summed E-state index contributed by atoms with van der Waals surface area (Å²) in [7, 11) is 0. The number of nitrogens with zero attached hydrogens (tertiary/aromatic N) is 1. The predicted molar refractivity (Wildman–Crippen MR) is 94.7 cm³/mol. The molecular weight excluding hydrogens is 344 g/mol. The lowest BCUT2D eigenvalue weighted by atomic mass is 10.1. The predicted octanol–water partition coefficient (Wildman–Crippen LogP) is 3.03. The van der Waals surface area contributed by atoms with Gasteiger partial charge in [-0.2, -0.15) is 5.10 Å². The van der Waals surface area contributed by atoms with Gasteiger partial charge in [-0.1, -0.05) is 11.6 Å². The Balaban J connectivity index is 1.55. The molecule has 0 aromatic heterocycles. The first kappa shape index (κ1) is 17.1. The second-order valence-corrected chi connectivity index (χ2v) is 5.77. The molecule has 1 aliphatic rings. The molecule has 0 fully saturated rings. The van der Waals surface area contributed by atoms with Crippen molar-refractivity contribution >= 4 is 23.2 Å². The van der Waals surface area contributed by atoms with Crippen molar-refractivity contribution in [1.29, 1.82) is 0 Å². The summed E-state index contributed by atoms with van der Waals surface area (Å²) in [6, 6.07) is 12.3. The van der Waals surface area contributed by atoms with Gasteiger partial charge in [-0.3, -0.25) is 4.79 Å². The van der Waals surface area contributed by atoms with Crippen molar-refractivity contribution < 1.29 is 19.0 Å². The number of hydrogen-bond acceptors (Lipinski definition) is 5. The summed E-state index contributed by atoms with van der Waals surface area (Å²) in [4.78, 5) is 11.8. The minimum absolute atomic E-state index is 0.139. The van der Waals surface area contributed by atoms with E-state index in [1.807, 2.05) is 18.2 Å². The number of fused-ring (bicyclic) bond motifs is 1. The van der Waals surface area contributed by atoms with E-state index in [1.165, 1.54) is 0 Å². The Morgan fingerprint density at radius 1 is 1.16 bits per heavy atom. The normalized spacial score (nSPS) is 13.3. The molecule has 1 aliphatic heterocycles. The Labute approximate surface area is 150 Å². The molecule has 0 radical (unpaired) electrons. The molecule has 0 unspecified atom stereocenters. The fourth-order valence-electron chi connectivity index (χ4n) is 2.19. The maximum Gasteiger partial charge on any atom is 0.277 e. The van der Waals surface area contributed by atoms with E-state index in [4.69, 9.17) is 25.8 Å². The standard InChI is InChI=1S/C18H17ClN2O4/c1-12(13-2-7-16-17(10-13)24-9-8-23-16)20-21-18(22)11-25-15-5-3-14(19)4-6-15/h2-7,10H,8-9,11H2,1H3,(H,21,22)/b20-12+. The van der Waals surface area contributed by atoms with Crippen LogP contribution in [0.3, 0.4) is 0 Å². The number of benzene rings is 2. The number of amides is 1. The first-order valence-electron chi connectivity index (χ1n) is 7.73. The minimum Gasteiger partial charge on any atom is -0.486 e. The maximum absolute atomic E-state index is 11.8. The molecule has 0 aliphatic carbocycles. The molecule has 0 saturated heterocycles.